The molecule has 1 aliphatic heterocycles. The lowest BCUT2D eigenvalue weighted by Gasteiger charge is -2.37. The fraction of sp³-hybridized carbons (Fsp3) is 0.423. The number of nitrogens with zero attached hydrogens (tertiary/aromatic N) is 4. The molecule has 0 atom stereocenters. The molecule has 34 heavy (non-hydrogen) atoms. The molecule has 0 spiro atoms. The second-order valence-electron chi connectivity index (χ2n) is 9.50. The summed E-state index contributed by atoms with van der Waals surface area (Å²) in [4.78, 5) is 13.5. The summed E-state index contributed by atoms with van der Waals surface area (Å²) in [5.41, 5.74) is 3.56. The van der Waals surface area contributed by atoms with Gasteiger partial charge in [0.25, 0.3) is 0 Å². The fourth-order valence-corrected chi connectivity index (χ4v) is 4.41. The summed E-state index contributed by atoms with van der Waals surface area (Å²) in [6.07, 6.45) is 1.60. The molecule has 0 radical (unpaired) electrons. The molecule has 1 aliphatic rings. The average Bonchev–Trinajstić information content (AvgIpc) is 2.85. The second-order valence-corrected chi connectivity index (χ2v) is 9.89. The Hall–Kier alpha value is -3.13. The van der Waals surface area contributed by atoms with E-state index in [4.69, 9.17) is 21.7 Å². The highest BCUT2D eigenvalue weighted by molar-refractivity contribution is 7.80. The molecule has 0 saturated carbocycles. The monoisotopic (exact) mass is 479 g/mol. The molecule has 1 saturated heterocycles. The summed E-state index contributed by atoms with van der Waals surface area (Å²) < 4.78 is 10.9. The van der Waals surface area contributed by atoms with Gasteiger partial charge >= 0.3 is 0 Å². The minimum atomic E-state index is 0.160. The smallest absolute Gasteiger partial charge is 0.169 e. The van der Waals surface area contributed by atoms with Crippen LogP contribution in [0.5, 0.6) is 11.5 Å². The first-order valence-corrected chi connectivity index (χ1v) is 11.9. The van der Waals surface area contributed by atoms with Crippen molar-refractivity contribution in [3.63, 3.8) is 0 Å². The fourth-order valence-electron chi connectivity index (χ4n) is 4.15. The van der Waals surface area contributed by atoms with E-state index in [-0.39, 0.29) is 5.41 Å². The van der Waals surface area contributed by atoms with E-state index in [1.165, 1.54) is 11.1 Å². The zero-order chi connectivity index (χ0) is 24.3. The van der Waals surface area contributed by atoms with Gasteiger partial charge in [0.05, 0.1) is 19.7 Å². The number of benzene rings is 2. The number of hydrogen-bond donors (Lipinski definition) is 1. The normalized spacial score (nSPS) is 14.3. The summed E-state index contributed by atoms with van der Waals surface area (Å²) in [5.74, 6) is 2.24. The first-order chi connectivity index (χ1) is 16.3. The van der Waals surface area contributed by atoms with E-state index in [0.29, 0.717) is 11.5 Å². The molecule has 0 unspecified atom stereocenters. The number of rotatable bonds is 5. The highest BCUT2D eigenvalue weighted by atomic mass is 32.1. The van der Waals surface area contributed by atoms with E-state index in [9.17, 15) is 0 Å². The van der Waals surface area contributed by atoms with Crippen LogP contribution < -0.4 is 19.7 Å². The van der Waals surface area contributed by atoms with Gasteiger partial charge in [-0.15, -0.1) is 0 Å². The first-order valence-electron chi connectivity index (χ1n) is 11.5. The number of fused-ring (bicyclic) bond motifs is 1. The molecular formula is C26H33N5O2S. The molecule has 1 N–H and O–H groups in total. The third-order valence-corrected chi connectivity index (χ3v) is 6.65. The molecule has 3 aromatic rings. The lowest BCUT2D eigenvalue weighted by molar-refractivity contribution is 0.355. The number of anilines is 1. The summed E-state index contributed by atoms with van der Waals surface area (Å²) in [6.45, 7) is 10.7. The highest BCUT2D eigenvalue weighted by Crippen LogP contribution is 2.35. The van der Waals surface area contributed by atoms with Crippen molar-refractivity contribution >= 4 is 34.1 Å². The minimum absolute atomic E-state index is 0.160. The Morgan fingerprint density at radius 2 is 1.62 bits per heavy atom. The van der Waals surface area contributed by atoms with E-state index in [2.05, 4.69) is 70.1 Å². The summed E-state index contributed by atoms with van der Waals surface area (Å²) >= 11 is 5.69. The molecule has 0 amide bonds. The Labute approximate surface area is 207 Å². The molecule has 2 aromatic carbocycles. The molecule has 0 aliphatic carbocycles. The number of methoxy groups -OCH3 is 2. The van der Waals surface area contributed by atoms with Crippen LogP contribution in [0.4, 0.5) is 5.82 Å². The lowest BCUT2D eigenvalue weighted by atomic mass is 9.87. The van der Waals surface area contributed by atoms with Crippen LogP contribution in [0, 0.1) is 0 Å². The maximum absolute atomic E-state index is 5.69. The number of aromatic nitrogens is 2. The van der Waals surface area contributed by atoms with Gasteiger partial charge in [-0.05, 0) is 34.8 Å². The third-order valence-electron chi connectivity index (χ3n) is 6.25. The van der Waals surface area contributed by atoms with E-state index in [1.807, 2.05) is 12.1 Å². The topological polar surface area (TPSA) is 62.8 Å². The molecule has 0 bridgehead atoms. The summed E-state index contributed by atoms with van der Waals surface area (Å²) in [6, 6.07) is 12.6. The third kappa shape index (κ3) is 5.17. The maximum Gasteiger partial charge on any atom is 0.169 e. The number of hydrogen-bond acceptors (Lipinski definition) is 6. The maximum atomic E-state index is 5.69. The van der Waals surface area contributed by atoms with Crippen molar-refractivity contribution in [2.24, 2.45) is 0 Å². The lowest BCUT2D eigenvalue weighted by Crippen LogP contribution is -2.51. The van der Waals surface area contributed by atoms with Crippen LogP contribution in [0.3, 0.4) is 0 Å². The molecule has 1 fully saturated rings. The van der Waals surface area contributed by atoms with Gasteiger partial charge in [0, 0.05) is 44.2 Å². The van der Waals surface area contributed by atoms with Gasteiger partial charge in [-0.25, -0.2) is 9.97 Å². The van der Waals surface area contributed by atoms with Crippen molar-refractivity contribution in [1.29, 1.82) is 0 Å². The van der Waals surface area contributed by atoms with Crippen molar-refractivity contribution in [2.45, 2.75) is 32.7 Å². The van der Waals surface area contributed by atoms with E-state index in [1.54, 1.807) is 20.5 Å². The van der Waals surface area contributed by atoms with Gasteiger partial charge in [0.2, 0.25) is 0 Å². The van der Waals surface area contributed by atoms with Gasteiger partial charge in [-0.3, -0.25) is 0 Å². The first kappa shape index (κ1) is 24.0. The van der Waals surface area contributed by atoms with Gasteiger partial charge in [0.15, 0.2) is 16.6 Å². The molecule has 4 rings (SSSR count). The van der Waals surface area contributed by atoms with E-state index < -0.39 is 0 Å². The van der Waals surface area contributed by atoms with Crippen LogP contribution in [-0.4, -0.2) is 60.4 Å². The second kappa shape index (κ2) is 10.0. The molecular weight excluding hydrogens is 446 g/mol. The minimum Gasteiger partial charge on any atom is -0.493 e. The van der Waals surface area contributed by atoms with E-state index in [0.717, 1.165) is 54.6 Å². The Bertz CT molecular complexity index is 1150. The van der Waals surface area contributed by atoms with Gasteiger partial charge in [-0.2, -0.15) is 0 Å². The predicted molar refractivity (Wildman–Crippen MR) is 141 cm³/mol. The van der Waals surface area contributed by atoms with Crippen molar-refractivity contribution < 1.29 is 9.47 Å². The van der Waals surface area contributed by atoms with Crippen molar-refractivity contribution in [2.75, 3.05) is 45.3 Å². The van der Waals surface area contributed by atoms with Gasteiger partial charge < -0.3 is 24.6 Å². The van der Waals surface area contributed by atoms with Crippen LogP contribution in [-0.2, 0) is 12.0 Å². The summed E-state index contributed by atoms with van der Waals surface area (Å²) in [5, 5.41) is 5.16. The molecule has 180 valence electrons. The van der Waals surface area contributed by atoms with Crippen LogP contribution in [0.15, 0.2) is 42.7 Å². The Morgan fingerprint density at radius 3 is 2.24 bits per heavy atom. The Kier molecular flexibility index (Phi) is 7.07. The molecule has 1 aromatic heterocycles. The van der Waals surface area contributed by atoms with Crippen LogP contribution in [0.2, 0.25) is 0 Å². The highest BCUT2D eigenvalue weighted by Gasteiger charge is 2.22. The van der Waals surface area contributed by atoms with Crippen LogP contribution >= 0.6 is 12.2 Å². The summed E-state index contributed by atoms with van der Waals surface area (Å²) in [7, 11) is 3.27. The number of thiocarbonyl (C=S) groups is 1. The van der Waals surface area contributed by atoms with Crippen LogP contribution in [0.25, 0.3) is 10.9 Å². The molecule has 2 heterocycles. The zero-order valence-corrected chi connectivity index (χ0v) is 21.4. The van der Waals surface area contributed by atoms with Crippen molar-refractivity contribution in [3.8, 4) is 11.5 Å². The zero-order valence-electron chi connectivity index (χ0n) is 20.6. The van der Waals surface area contributed by atoms with Crippen LogP contribution in [0.1, 0.15) is 31.9 Å². The predicted octanol–water partition coefficient (Wildman–Crippen LogP) is 4.14. The quantitative estimate of drug-likeness (QED) is 0.548. The molecule has 7 nitrogen and oxygen atoms in total. The standard InChI is InChI=1S/C26H33N5O2S/c1-26(2,3)19-8-6-18(7-9-19)16-27-25(34)31-12-10-30(11-13-31)24-20-14-22(32-4)23(33-5)15-21(20)28-17-29-24/h6-9,14-15,17H,10-13,16H2,1-5H3,(H,27,34). The molecule has 8 heteroatoms. The number of ether oxygens (including phenoxy) is 2. The van der Waals surface area contributed by atoms with Crippen molar-refractivity contribution in [1.82, 2.24) is 20.2 Å². The Balaban J connectivity index is 1.37. The Morgan fingerprint density at radius 1 is 0.971 bits per heavy atom. The number of piperazine rings is 1. The van der Waals surface area contributed by atoms with Gasteiger partial charge in [-0.1, -0.05) is 45.0 Å². The largest absolute Gasteiger partial charge is 0.493 e. The average molecular weight is 480 g/mol. The van der Waals surface area contributed by atoms with Gasteiger partial charge in [0.1, 0.15) is 12.1 Å². The van der Waals surface area contributed by atoms with Crippen molar-refractivity contribution in [3.05, 3.63) is 53.9 Å². The van der Waals surface area contributed by atoms with E-state index >= 15 is 0 Å². The number of nitrogens with one attached hydrogen (secondary N) is 1. The SMILES string of the molecule is COc1cc2ncnc(N3CCN(C(=S)NCc4ccc(C(C)(C)C)cc4)CC3)c2cc1OC.